The van der Waals surface area contributed by atoms with Crippen LogP contribution in [0, 0.1) is 12.7 Å². The molecular weight excluding hydrogens is 457 g/mol. The molecular formula is C28H24FN5O2. The molecule has 1 N–H and O–H groups in total. The second-order valence-electron chi connectivity index (χ2n) is 8.68. The molecule has 0 unspecified atom stereocenters. The second-order valence-corrected chi connectivity index (χ2v) is 8.68. The van der Waals surface area contributed by atoms with E-state index in [2.05, 4.69) is 25.4 Å². The van der Waals surface area contributed by atoms with E-state index < -0.39 is 11.9 Å². The zero-order valence-corrected chi connectivity index (χ0v) is 19.9. The lowest BCUT2D eigenvalue weighted by Gasteiger charge is -2.15. The quantitative estimate of drug-likeness (QED) is 0.401. The van der Waals surface area contributed by atoms with Gasteiger partial charge in [-0.15, -0.1) is 0 Å². The molecule has 4 heterocycles. The first kappa shape index (κ1) is 23.3. The maximum atomic E-state index is 14.2. The lowest BCUT2D eigenvalue weighted by Crippen LogP contribution is -2.28. The van der Waals surface area contributed by atoms with Crippen molar-refractivity contribution in [3.63, 3.8) is 0 Å². The molecule has 5 rings (SSSR count). The molecule has 0 saturated heterocycles. The number of benzene rings is 1. The van der Waals surface area contributed by atoms with Crippen LogP contribution in [-0.4, -0.2) is 26.6 Å². The molecule has 0 saturated carbocycles. The van der Waals surface area contributed by atoms with Gasteiger partial charge in [0, 0.05) is 41.7 Å². The summed E-state index contributed by atoms with van der Waals surface area (Å²) < 4.78 is 14.2. The van der Waals surface area contributed by atoms with Gasteiger partial charge in [-0.1, -0.05) is 17.3 Å². The standard InChI is InChI=1S/C28H24FN5O2/c1-17-8-9-23(32-16-17)19-12-20(25-15-26(36-34-25)24-7-3-4-10-30-24)14-21(13-19)28(35)33-18(2)27-22(29)6-5-11-31-27/h3-14,16,18,26H,15H2,1-2H3,(H,33,35)/t18-,26+/m1/s1. The van der Waals surface area contributed by atoms with Gasteiger partial charge < -0.3 is 10.2 Å². The van der Waals surface area contributed by atoms with Gasteiger partial charge in [-0.3, -0.25) is 19.7 Å². The normalized spacial score (nSPS) is 15.6. The fourth-order valence-electron chi connectivity index (χ4n) is 4.05. The number of hydrogen-bond acceptors (Lipinski definition) is 6. The van der Waals surface area contributed by atoms with Gasteiger partial charge in [0.25, 0.3) is 5.91 Å². The largest absolute Gasteiger partial charge is 0.385 e. The molecule has 2 atom stereocenters. The zero-order chi connectivity index (χ0) is 25.1. The van der Waals surface area contributed by atoms with Crippen LogP contribution in [0.15, 0.2) is 84.4 Å². The maximum absolute atomic E-state index is 14.2. The highest BCUT2D eigenvalue weighted by Crippen LogP contribution is 2.30. The Bertz CT molecular complexity index is 1420. The van der Waals surface area contributed by atoms with E-state index in [0.29, 0.717) is 17.7 Å². The number of carbonyl (C=O) groups excluding carboxylic acids is 1. The van der Waals surface area contributed by atoms with Crippen molar-refractivity contribution in [2.45, 2.75) is 32.4 Å². The third-order valence-corrected chi connectivity index (χ3v) is 5.97. The summed E-state index contributed by atoms with van der Waals surface area (Å²) in [5.41, 5.74) is 5.33. The van der Waals surface area contributed by atoms with Crippen molar-refractivity contribution in [3.8, 4) is 11.3 Å². The number of amides is 1. The smallest absolute Gasteiger partial charge is 0.251 e. The molecule has 3 aromatic heterocycles. The van der Waals surface area contributed by atoms with Crippen LogP contribution in [0.25, 0.3) is 11.3 Å². The number of nitrogens with zero attached hydrogens (tertiary/aromatic N) is 4. The third kappa shape index (κ3) is 4.98. The van der Waals surface area contributed by atoms with Gasteiger partial charge in [-0.05, 0) is 67.9 Å². The molecule has 0 bridgehead atoms. The highest BCUT2D eigenvalue weighted by atomic mass is 19.1. The Kier molecular flexibility index (Phi) is 6.49. The molecule has 180 valence electrons. The lowest BCUT2D eigenvalue weighted by molar-refractivity contribution is 0.0826. The average Bonchev–Trinajstić information content (AvgIpc) is 3.40. The van der Waals surface area contributed by atoms with Gasteiger partial charge >= 0.3 is 0 Å². The van der Waals surface area contributed by atoms with E-state index in [1.54, 1.807) is 31.5 Å². The van der Waals surface area contributed by atoms with E-state index in [9.17, 15) is 9.18 Å². The fraction of sp³-hybridized carbons (Fsp3) is 0.179. The number of oxime groups is 1. The van der Waals surface area contributed by atoms with Gasteiger partial charge in [-0.25, -0.2) is 4.39 Å². The highest BCUT2D eigenvalue weighted by molar-refractivity contribution is 6.05. The van der Waals surface area contributed by atoms with Crippen molar-refractivity contribution in [1.29, 1.82) is 0 Å². The molecule has 0 radical (unpaired) electrons. The second kappa shape index (κ2) is 10.0. The number of carbonyl (C=O) groups is 1. The lowest BCUT2D eigenvalue weighted by atomic mass is 9.96. The molecule has 0 spiro atoms. The predicted octanol–water partition coefficient (Wildman–Crippen LogP) is 5.34. The zero-order valence-electron chi connectivity index (χ0n) is 19.9. The number of aryl methyl sites for hydroxylation is 1. The van der Waals surface area contributed by atoms with E-state index in [1.165, 1.54) is 18.3 Å². The Balaban J connectivity index is 1.46. The van der Waals surface area contributed by atoms with Crippen molar-refractivity contribution in [3.05, 3.63) is 113 Å². The average molecular weight is 482 g/mol. The van der Waals surface area contributed by atoms with Gasteiger partial charge in [0.05, 0.1) is 28.8 Å². The van der Waals surface area contributed by atoms with Crippen LogP contribution < -0.4 is 5.32 Å². The topological polar surface area (TPSA) is 89.4 Å². The van der Waals surface area contributed by atoms with Gasteiger partial charge in [-0.2, -0.15) is 0 Å². The summed E-state index contributed by atoms with van der Waals surface area (Å²) in [5, 5.41) is 7.15. The van der Waals surface area contributed by atoms with E-state index >= 15 is 0 Å². The summed E-state index contributed by atoms with van der Waals surface area (Å²) in [6, 6.07) is 17.2. The first-order chi connectivity index (χ1) is 17.5. The van der Waals surface area contributed by atoms with Gasteiger partial charge in [0.15, 0.2) is 6.10 Å². The number of pyridine rings is 3. The molecule has 0 aliphatic carbocycles. The van der Waals surface area contributed by atoms with Crippen LogP contribution in [-0.2, 0) is 4.84 Å². The molecule has 1 amide bonds. The van der Waals surface area contributed by atoms with E-state index in [0.717, 1.165) is 28.1 Å². The molecule has 1 aliphatic rings. The van der Waals surface area contributed by atoms with E-state index in [4.69, 9.17) is 4.84 Å². The number of rotatable bonds is 6. The Morgan fingerprint density at radius 3 is 2.61 bits per heavy atom. The molecule has 7 nitrogen and oxygen atoms in total. The van der Waals surface area contributed by atoms with Crippen LogP contribution in [0.2, 0.25) is 0 Å². The first-order valence-corrected chi connectivity index (χ1v) is 11.6. The van der Waals surface area contributed by atoms with Crippen LogP contribution in [0.4, 0.5) is 4.39 Å². The number of aromatic nitrogens is 3. The SMILES string of the molecule is Cc1ccc(-c2cc(C(=O)N[C@H](C)c3ncccc3F)cc(C3=NO[C@H](c4ccccn4)C3)c2)nc1. The monoisotopic (exact) mass is 481 g/mol. The molecule has 36 heavy (non-hydrogen) atoms. The third-order valence-electron chi connectivity index (χ3n) is 5.97. The van der Waals surface area contributed by atoms with Crippen LogP contribution in [0.1, 0.15) is 58.4 Å². The van der Waals surface area contributed by atoms with Crippen molar-refractivity contribution in [2.75, 3.05) is 0 Å². The Morgan fingerprint density at radius 2 is 1.86 bits per heavy atom. The maximum Gasteiger partial charge on any atom is 0.251 e. The minimum Gasteiger partial charge on any atom is -0.385 e. The molecule has 1 aromatic carbocycles. The summed E-state index contributed by atoms with van der Waals surface area (Å²) >= 11 is 0. The first-order valence-electron chi connectivity index (χ1n) is 11.6. The predicted molar refractivity (Wildman–Crippen MR) is 134 cm³/mol. The van der Waals surface area contributed by atoms with Crippen LogP contribution in [0.5, 0.6) is 0 Å². The Labute approximate surface area is 208 Å². The molecule has 0 fully saturated rings. The highest BCUT2D eigenvalue weighted by Gasteiger charge is 2.26. The number of nitrogens with one attached hydrogen (secondary N) is 1. The van der Waals surface area contributed by atoms with Crippen molar-refractivity contribution >= 4 is 11.6 Å². The summed E-state index contributed by atoms with van der Waals surface area (Å²) in [6.07, 6.45) is 5.21. The molecule has 8 heteroatoms. The molecule has 4 aromatic rings. The summed E-state index contributed by atoms with van der Waals surface area (Å²) in [5.74, 6) is -0.829. The van der Waals surface area contributed by atoms with Crippen molar-refractivity contribution < 1.29 is 14.0 Å². The minimum absolute atomic E-state index is 0.175. The number of halogens is 1. The molecule has 1 aliphatic heterocycles. The Hall–Kier alpha value is -4.46. The summed E-state index contributed by atoms with van der Waals surface area (Å²) in [4.78, 5) is 31.9. The van der Waals surface area contributed by atoms with Crippen molar-refractivity contribution in [1.82, 2.24) is 20.3 Å². The van der Waals surface area contributed by atoms with Crippen LogP contribution >= 0.6 is 0 Å². The number of hydrogen-bond donors (Lipinski definition) is 1. The summed E-state index contributed by atoms with van der Waals surface area (Å²) in [6.45, 7) is 3.66. The van der Waals surface area contributed by atoms with Crippen molar-refractivity contribution in [2.24, 2.45) is 5.16 Å². The fourth-order valence-corrected chi connectivity index (χ4v) is 4.05. The van der Waals surface area contributed by atoms with E-state index in [1.807, 2.05) is 43.3 Å². The minimum atomic E-state index is -0.621. The van der Waals surface area contributed by atoms with E-state index in [-0.39, 0.29) is 17.7 Å². The van der Waals surface area contributed by atoms with Crippen LogP contribution in [0.3, 0.4) is 0 Å². The Morgan fingerprint density at radius 1 is 1.03 bits per heavy atom. The summed E-state index contributed by atoms with van der Waals surface area (Å²) in [7, 11) is 0. The van der Waals surface area contributed by atoms with Gasteiger partial charge in [0.1, 0.15) is 5.82 Å². The van der Waals surface area contributed by atoms with Gasteiger partial charge in [0.2, 0.25) is 0 Å².